The van der Waals surface area contributed by atoms with Crippen LogP contribution in [0, 0.1) is 6.92 Å². The highest BCUT2D eigenvalue weighted by molar-refractivity contribution is 8.18. The van der Waals surface area contributed by atoms with Gasteiger partial charge in [-0.1, -0.05) is 36.4 Å². The number of aryl methyl sites for hydroxylation is 1. The summed E-state index contributed by atoms with van der Waals surface area (Å²) in [5.41, 5.74) is 1.90. The topological polar surface area (TPSA) is 45.6 Å². The summed E-state index contributed by atoms with van der Waals surface area (Å²) in [6, 6.07) is 15.4. The van der Waals surface area contributed by atoms with Crippen LogP contribution < -0.4 is 0 Å². The Kier molecular flexibility index (Phi) is 4.06. The molecule has 0 radical (unpaired) electrons. The van der Waals surface area contributed by atoms with E-state index in [4.69, 9.17) is 0 Å². The number of thioether (sulfide) groups is 1. The van der Waals surface area contributed by atoms with Gasteiger partial charge in [-0.15, -0.1) is 0 Å². The molecular formula is C17H15N3OS. The van der Waals surface area contributed by atoms with E-state index < -0.39 is 0 Å². The number of nitrogens with zero attached hydrogens (tertiary/aromatic N) is 3. The van der Waals surface area contributed by atoms with Crippen molar-refractivity contribution in [3.63, 3.8) is 0 Å². The minimum absolute atomic E-state index is 0.0414. The van der Waals surface area contributed by atoms with Gasteiger partial charge in [-0.05, 0) is 42.5 Å². The molecule has 1 aromatic heterocycles. The van der Waals surface area contributed by atoms with Crippen molar-refractivity contribution in [3.05, 3.63) is 64.7 Å². The lowest BCUT2D eigenvalue weighted by Gasteiger charge is -2.06. The van der Waals surface area contributed by atoms with Crippen molar-refractivity contribution in [2.45, 2.75) is 6.92 Å². The summed E-state index contributed by atoms with van der Waals surface area (Å²) in [6.45, 7) is 1.92. The Labute approximate surface area is 133 Å². The Hall–Kier alpha value is -2.40. The second kappa shape index (κ2) is 6.15. The monoisotopic (exact) mass is 309 g/mol. The van der Waals surface area contributed by atoms with Crippen LogP contribution >= 0.6 is 11.8 Å². The van der Waals surface area contributed by atoms with Crippen molar-refractivity contribution >= 4 is 34.7 Å². The van der Waals surface area contributed by atoms with E-state index in [1.807, 2.05) is 61.5 Å². The fraction of sp³-hybridized carbons (Fsp3) is 0.118. The molecule has 1 aliphatic heterocycles. The van der Waals surface area contributed by atoms with E-state index in [1.54, 1.807) is 11.9 Å². The normalized spacial score (nSPS) is 18.5. The summed E-state index contributed by atoms with van der Waals surface area (Å²) < 4.78 is 0. The average molecular weight is 309 g/mol. The third kappa shape index (κ3) is 3.09. The van der Waals surface area contributed by atoms with Gasteiger partial charge in [0.05, 0.1) is 4.91 Å². The molecule has 110 valence electrons. The molecule has 1 aliphatic rings. The van der Waals surface area contributed by atoms with Crippen molar-refractivity contribution in [1.82, 2.24) is 9.88 Å². The number of aliphatic imine (C=N–C) groups is 1. The van der Waals surface area contributed by atoms with E-state index in [0.717, 1.165) is 11.3 Å². The Morgan fingerprint density at radius 1 is 1.14 bits per heavy atom. The van der Waals surface area contributed by atoms with Gasteiger partial charge in [0.1, 0.15) is 0 Å². The van der Waals surface area contributed by atoms with Crippen LogP contribution in [-0.2, 0) is 4.79 Å². The van der Waals surface area contributed by atoms with Crippen LogP contribution in [0.4, 0.5) is 5.82 Å². The predicted molar refractivity (Wildman–Crippen MR) is 90.8 cm³/mol. The lowest BCUT2D eigenvalue weighted by atomic mass is 10.2. The minimum Gasteiger partial charge on any atom is -0.289 e. The number of likely N-dealkylation sites (N-methyl/N-ethyl adjacent to an activating group) is 1. The van der Waals surface area contributed by atoms with Crippen LogP contribution in [0.5, 0.6) is 0 Å². The molecule has 0 aliphatic carbocycles. The zero-order valence-electron chi connectivity index (χ0n) is 12.4. The first-order chi connectivity index (χ1) is 10.6. The molecule has 1 fully saturated rings. The van der Waals surface area contributed by atoms with Crippen LogP contribution in [0.3, 0.4) is 0 Å². The summed E-state index contributed by atoms with van der Waals surface area (Å²) in [4.78, 5) is 23.4. The number of amidine groups is 1. The summed E-state index contributed by atoms with van der Waals surface area (Å²) >= 11 is 1.37. The SMILES string of the molecule is Cc1cccc(/N=C2/S/C(=C\c3ccccc3)C(=O)N2C)n1. The van der Waals surface area contributed by atoms with Gasteiger partial charge in [0.2, 0.25) is 0 Å². The van der Waals surface area contributed by atoms with Crippen LogP contribution in [0.25, 0.3) is 6.08 Å². The van der Waals surface area contributed by atoms with E-state index >= 15 is 0 Å². The van der Waals surface area contributed by atoms with Gasteiger partial charge in [0.15, 0.2) is 11.0 Å². The molecule has 2 heterocycles. The lowest BCUT2D eigenvalue weighted by molar-refractivity contribution is -0.121. The van der Waals surface area contributed by atoms with Gasteiger partial charge >= 0.3 is 0 Å². The highest BCUT2D eigenvalue weighted by Gasteiger charge is 2.30. The first kappa shape index (κ1) is 14.5. The number of benzene rings is 1. The number of rotatable bonds is 2. The molecular weight excluding hydrogens is 294 g/mol. The van der Waals surface area contributed by atoms with Crippen LogP contribution in [0.2, 0.25) is 0 Å². The van der Waals surface area contributed by atoms with Crippen LogP contribution in [0.1, 0.15) is 11.3 Å². The molecule has 2 aromatic rings. The van der Waals surface area contributed by atoms with Gasteiger partial charge in [0.25, 0.3) is 5.91 Å². The highest BCUT2D eigenvalue weighted by Crippen LogP contribution is 2.32. The largest absolute Gasteiger partial charge is 0.289 e. The molecule has 1 saturated heterocycles. The number of aromatic nitrogens is 1. The second-order valence-electron chi connectivity index (χ2n) is 4.92. The quantitative estimate of drug-likeness (QED) is 0.796. The Morgan fingerprint density at radius 3 is 2.64 bits per heavy atom. The highest BCUT2D eigenvalue weighted by atomic mass is 32.2. The maximum atomic E-state index is 12.3. The van der Waals surface area contributed by atoms with E-state index in [1.165, 1.54) is 11.8 Å². The van der Waals surface area contributed by atoms with Gasteiger partial charge in [-0.3, -0.25) is 9.69 Å². The Balaban J connectivity index is 1.90. The molecule has 0 unspecified atom stereocenters. The van der Waals surface area contributed by atoms with Crippen molar-refractivity contribution in [1.29, 1.82) is 0 Å². The van der Waals surface area contributed by atoms with Crippen LogP contribution in [0.15, 0.2) is 58.4 Å². The van der Waals surface area contributed by atoms with Crippen molar-refractivity contribution in [2.24, 2.45) is 4.99 Å². The number of pyridine rings is 1. The number of hydrogen-bond donors (Lipinski definition) is 0. The molecule has 0 bridgehead atoms. The number of amides is 1. The Bertz CT molecular complexity index is 768. The third-order valence-corrected chi connectivity index (χ3v) is 4.24. The minimum atomic E-state index is -0.0414. The fourth-order valence-corrected chi connectivity index (χ4v) is 3.02. The maximum absolute atomic E-state index is 12.3. The van der Waals surface area contributed by atoms with E-state index in [9.17, 15) is 4.79 Å². The van der Waals surface area contributed by atoms with E-state index in [2.05, 4.69) is 9.98 Å². The van der Waals surface area contributed by atoms with Crippen LogP contribution in [-0.4, -0.2) is 28.0 Å². The molecule has 0 N–H and O–H groups in total. The zero-order chi connectivity index (χ0) is 15.5. The summed E-state index contributed by atoms with van der Waals surface area (Å²) in [5.74, 6) is 0.573. The smallest absolute Gasteiger partial charge is 0.266 e. The summed E-state index contributed by atoms with van der Waals surface area (Å²) in [6.07, 6.45) is 1.88. The second-order valence-corrected chi connectivity index (χ2v) is 5.93. The fourth-order valence-electron chi connectivity index (χ4n) is 2.04. The molecule has 22 heavy (non-hydrogen) atoms. The molecule has 4 nitrogen and oxygen atoms in total. The molecule has 5 heteroatoms. The van der Waals surface area contributed by atoms with Gasteiger partial charge < -0.3 is 0 Å². The van der Waals surface area contributed by atoms with Gasteiger partial charge in [-0.2, -0.15) is 0 Å². The zero-order valence-corrected chi connectivity index (χ0v) is 13.2. The molecule has 1 amide bonds. The maximum Gasteiger partial charge on any atom is 0.266 e. The lowest BCUT2D eigenvalue weighted by Crippen LogP contribution is -2.23. The summed E-state index contributed by atoms with van der Waals surface area (Å²) in [7, 11) is 1.73. The predicted octanol–water partition coefficient (Wildman–Crippen LogP) is 3.62. The number of carbonyl (C=O) groups excluding carboxylic acids is 1. The first-order valence-corrected chi connectivity index (χ1v) is 7.70. The van der Waals surface area contributed by atoms with Gasteiger partial charge in [0, 0.05) is 12.7 Å². The van der Waals surface area contributed by atoms with Gasteiger partial charge in [-0.25, -0.2) is 9.98 Å². The summed E-state index contributed by atoms with van der Waals surface area (Å²) in [5, 5.41) is 0.644. The van der Waals surface area contributed by atoms with Crippen molar-refractivity contribution < 1.29 is 4.79 Å². The van der Waals surface area contributed by atoms with Crippen molar-refractivity contribution in [2.75, 3.05) is 7.05 Å². The first-order valence-electron chi connectivity index (χ1n) is 6.88. The Morgan fingerprint density at radius 2 is 1.91 bits per heavy atom. The molecule has 0 spiro atoms. The molecule has 0 atom stereocenters. The molecule has 0 saturated carbocycles. The molecule has 3 rings (SSSR count). The van der Waals surface area contributed by atoms with E-state index in [-0.39, 0.29) is 5.91 Å². The molecule has 1 aromatic carbocycles. The van der Waals surface area contributed by atoms with Crippen molar-refractivity contribution in [3.8, 4) is 0 Å². The third-order valence-electron chi connectivity index (χ3n) is 3.18. The standard InChI is InChI=1S/C17H15N3OS/c1-12-7-6-10-15(18-12)19-17-20(2)16(21)14(22-17)11-13-8-4-3-5-9-13/h3-11H,1-2H3/b14-11-,19-17+. The van der Waals surface area contributed by atoms with E-state index in [0.29, 0.717) is 15.9 Å². The number of hydrogen-bond acceptors (Lipinski definition) is 4. The average Bonchev–Trinajstić information content (AvgIpc) is 2.77. The number of carbonyl (C=O) groups is 1.